The first kappa shape index (κ1) is 32.7. The number of hydrogen-bond donors (Lipinski definition) is 1. The van der Waals surface area contributed by atoms with E-state index in [2.05, 4.69) is 10.4 Å². The van der Waals surface area contributed by atoms with Crippen molar-refractivity contribution in [3.8, 4) is 5.75 Å². The second kappa shape index (κ2) is 14.2. The van der Waals surface area contributed by atoms with Crippen LogP contribution in [0.1, 0.15) is 62.5 Å². The minimum atomic E-state index is -4.43. The monoisotopic (exact) mass is 639 g/mol. The smallest absolute Gasteiger partial charge is 0.416 e. The minimum Gasteiger partial charge on any atom is -0.490 e. The topological polar surface area (TPSA) is 97.4 Å². The highest BCUT2D eigenvalue weighted by atomic mass is 32.2. The van der Waals surface area contributed by atoms with Crippen LogP contribution in [0.15, 0.2) is 54.6 Å². The molecule has 1 amide bonds. The van der Waals surface area contributed by atoms with Gasteiger partial charge in [-0.25, -0.2) is 23.0 Å². The molecule has 0 radical (unpaired) electrons. The SMILES string of the molecule is O=C(CC1(S(=O)(=O)N2CCC(Oc3ccc(C(F)(F)F)cc3)CC2)CCN(Cc2ccccc2)CC1)NOC1CCCCO1. The summed E-state index contributed by atoms with van der Waals surface area (Å²) in [7, 11) is -3.92. The molecule has 0 aromatic heterocycles. The Morgan fingerprint density at radius 2 is 1.64 bits per heavy atom. The molecule has 2 aromatic carbocycles. The third kappa shape index (κ3) is 8.11. The highest BCUT2D eigenvalue weighted by Crippen LogP contribution is 2.38. The van der Waals surface area contributed by atoms with Gasteiger partial charge in [-0.05, 0) is 68.4 Å². The number of sulfonamides is 1. The van der Waals surface area contributed by atoms with E-state index in [0.717, 1.165) is 30.5 Å². The van der Waals surface area contributed by atoms with Crippen LogP contribution in [0.4, 0.5) is 13.2 Å². The Hall–Kier alpha value is -2.71. The van der Waals surface area contributed by atoms with Crippen molar-refractivity contribution in [1.29, 1.82) is 0 Å². The molecular weight excluding hydrogens is 599 g/mol. The second-order valence-electron chi connectivity index (χ2n) is 11.8. The average molecular weight is 640 g/mol. The Labute approximate surface area is 256 Å². The van der Waals surface area contributed by atoms with Crippen molar-refractivity contribution >= 4 is 15.9 Å². The van der Waals surface area contributed by atoms with E-state index in [1.807, 2.05) is 30.3 Å². The van der Waals surface area contributed by atoms with Gasteiger partial charge in [-0.2, -0.15) is 13.2 Å². The Bertz CT molecular complexity index is 1320. The largest absolute Gasteiger partial charge is 0.490 e. The Kier molecular flexibility index (Phi) is 10.5. The Balaban J connectivity index is 1.23. The summed E-state index contributed by atoms with van der Waals surface area (Å²) in [5.41, 5.74) is 2.83. The van der Waals surface area contributed by atoms with Gasteiger partial charge in [0.05, 0.1) is 10.3 Å². The normalized spacial score (nSPS) is 22.4. The molecule has 0 aliphatic carbocycles. The maximum absolute atomic E-state index is 14.3. The third-order valence-electron chi connectivity index (χ3n) is 8.71. The van der Waals surface area contributed by atoms with Crippen LogP contribution in [0.3, 0.4) is 0 Å². The molecule has 0 saturated carbocycles. The van der Waals surface area contributed by atoms with Gasteiger partial charge in [0.2, 0.25) is 15.9 Å². The number of ether oxygens (including phenoxy) is 2. The number of alkyl halides is 3. The van der Waals surface area contributed by atoms with Crippen LogP contribution in [-0.2, 0) is 37.1 Å². The van der Waals surface area contributed by atoms with Crippen molar-refractivity contribution in [1.82, 2.24) is 14.7 Å². The number of nitrogens with one attached hydrogen (secondary N) is 1. The molecule has 3 heterocycles. The van der Waals surface area contributed by atoms with E-state index in [1.54, 1.807) is 0 Å². The fourth-order valence-corrected chi connectivity index (χ4v) is 8.38. The second-order valence-corrected chi connectivity index (χ2v) is 14.1. The number of piperidine rings is 2. The van der Waals surface area contributed by atoms with E-state index in [0.29, 0.717) is 51.3 Å². The van der Waals surface area contributed by atoms with E-state index < -0.39 is 38.7 Å². The summed E-state index contributed by atoms with van der Waals surface area (Å²) in [5.74, 6) is -0.194. The van der Waals surface area contributed by atoms with Crippen LogP contribution in [0, 0.1) is 0 Å². The Morgan fingerprint density at radius 3 is 2.25 bits per heavy atom. The van der Waals surface area contributed by atoms with Gasteiger partial charge >= 0.3 is 6.18 Å². The number of carbonyl (C=O) groups is 1. The van der Waals surface area contributed by atoms with Gasteiger partial charge < -0.3 is 9.47 Å². The Morgan fingerprint density at radius 1 is 0.955 bits per heavy atom. The van der Waals surface area contributed by atoms with Gasteiger partial charge in [0.15, 0.2) is 6.29 Å². The van der Waals surface area contributed by atoms with Gasteiger partial charge in [-0.3, -0.25) is 9.69 Å². The molecule has 242 valence electrons. The highest BCUT2D eigenvalue weighted by Gasteiger charge is 2.51. The summed E-state index contributed by atoms with van der Waals surface area (Å²) >= 11 is 0. The van der Waals surface area contributed by atoms with Crippen LogP contribution in [0.25, 0.3) is 0 Å². The summed E-state index contributed by atoms with van der Waals surface area (Å²) in [6.07, 6.45) is -1.70. The number of nitrogens with zero attached hydrogens (tertiary/aromatic N) is 2. The van der Waals surface area contributed by atoms with E-state index in [-0.39, 0.29) is 38.5 Å². The van der Waals surface area contributed by atoms with Gasteiger partial charge in [0.25, 0.3) is 0 Å². The van der Waals surface area contributed by atoms with Gasteiger partial charge in [0, 0.05) is 52.2 Å². The van der Waals surface area contributed by atoms with Crippen LogP contribution in [-0.4, -0.2) is 73.5 Å². The maximum atomic E-state index is 14.3. The van der Waals surface area contributed by atoms with Crippen LogP contribution in [0.2, 0.25) is 0 Å². The molecule has 44 heavy (non-hydrogen) atoms. The molecule has 1 N–H and O–H groups in total. The standard InChI is InChI=1S/C31H40F3N3O6S/c32-31(33,34)25-9-11-26(12-10-25)42-27-13-17-37(18-14-27)44(39,40)30(22-28(38)35-43-29-8-4-5-21-41-29)15-19-36(20-16-30)23-24-6-2-1-3-7-24/h1-3,6-7,9-12,27,29H,4-5,8,13-23H2,(H,35,38). The summed E-state index contributed by atoms with van der Waals surface area (Å²) in [5, 5.41) is 0. The molecule has 9 nitrogen and oxygen atoms in total. The van der Waals surface area contributed by atoms with Gasteiger partial charge in [-0.1, -0.05) is 30.3 Å². The van der Waals surface area contributed by atoms with Gasteiger partial charge in [-0.15, -0.1) is 0 Å². The minimum absolute atomic E-state index is 0.192. The molecule has 1 unspecified atom stereocenters. The first-order valence-corrected chi connectivity index (χ1v) is 16.6. The molecular formula is C31H40F3N3O6S. The van der Waals surface area contributed by atoms with Crippen LogP contribution in [0.5, 0.6) is 5.75 Å². The van der Waals surface area contributed by atoms with Crippen LogP contribution < -0.4 is 10.2 Å². The first-order chi connectivity index (χ1) is 21.0. The number of likely N-dealkylation sites (tertiary alicyclic amines) is 1. The zero-order valence-corrected chi connectivity index (χ0v) is 25.5. The number of benzene rings is 2. The number of amides is 1. The van der Waals surface area contributed by atoms with E-state index >= 15 is 0 Å². The zero-order chi connectivity index (χ0) is 31.2. The molecule has 0 bridgehead atoms. The molecule has 3 aliphatic heterocycles. The molecule has 1 atom stereocenters. The molecule has 3 aliphatic rings. The maximum Gasteiger partial charge on any atom is 0.416 e. The summed E-state index contributed by atoms with van der Waals surface area (Å²) < 4.78 is 78.8. The fraction of sp³-hybridized carbons (Fsp3) is 0.581. The van der Waals surface area contributed by atoms with Crippen molar-refractivity contribution in [3.05, 3.63) is 65.7 Å². The lowest BCUT2D eigenvalue weighted by atomic mass is 9.91. The lowest BCUT2D eigenvalue weighted by Gasteiger charge is -2.44. The number of halogens is 3. The zero-order valence-electron chi connectivity index (χ0n) is 24.6. The number of rotatable bonds is 10. The lowest BCUT2D eigenvalue weighted by Crippen LogP contribution is -2.57. The fourth-order valence-electron chi connectivity index (χ4n) is 6.13. The van der Waals surface area contributed by atoms with E-state index in [9.17, 15) is 26.4 Å². The first-order valence-electron chi connectivity index (χ1n) is 15.2. The molecule has 0 spiro atoms. The predicted octanol–water partition coefficient (Wildman–Crippen LogP) is 4.88. The van der Waals surface area contributed by atoms with Crippen molar-refractivity contribution in [2.45, 2.75) is 81.2 Å². The summed E-state index contributed by atoms with van der Waals surface area (Å²) in [4.78, 5) is 20.8. The third-order valence-corrected chi connectivity index (χ3v) is 11.4. The predicted molar refractivity (Wildman–Crippen MR) is 157 cm³/mol. The van der Waals surface area contributed by atoms with Crippen molar-refractivity contribution in [2.75, 3.05) is 32.8 Å². The summed E-state index contributed by atoms with van der Waals surface area (Å²) in [6, 6.07) is 14.5. The number of hydroxylamine groups is 1. The van der Waals surface area contributed by atoms with E-state index in [4.69, 9.17) is 14.3 Å². The average Bonchev–Trinajstić information content (AvgIpc) is 3.02. The van der Waals surface area contributed by atoms with Crippen molar-refractivity contribution < 1.29 is 40.7 Å². The van der Waals surface area contributed by atoms with Crippen molar-refractivity contribution in [2.24, 2.45) is 0 Å². The number of carbonyl (C=O) groups excluding carboxylic acids is 1. The van der Waals surface area contributed by atoms with E-state index in [1.165, 1.54) is 16.4 Å². The molecule has 5 rings (SSSR count). The van der Waals surface area contributed by atoms with Crippen molar-refractivity contribution in [3.63, 3.8) is 0 Å². The van der Waals surface area contributed by atoms with Crippen LogP contribution >= 0.6 is 0 Å². The van der Waals surface area contributed by atoms with Gasteiger partial charge in [0.1, 0.15) is 11.9 Å². The molecule has 3 saturated heterocycles. The lowest BCUT2D eigenvalue weighted by molar-refractivity contribution is -0.200. The molecule has 13 heteroatoms. The number of hydrogen-bond acceptors (Lipinski definition) is 7. The highest BCUT2D eigenvalue weighted by molar-refractivity contribution is 7.90. The molecule has 3 fully saturated rings. The molecule has 2 aromatic rings. The quantitative estimate of drug-likeness (QED) is 0.371. The summed E-state index contributed by atoms with van der Waals surface area (Å²) in [6.45, 7) is 2.66.